The number of anilines is 1. The summed E-state index contributed by atoms with van der Waals surface area (Å²) >= 11 is 5.31. The Morgan fingerprint density at radius 3 is 2.20 bits per heavy atom. The summed E-state index contributed by atoms with van der Waals surface area (Å²) in [7, 11) is -4.15. The van der Waals surface area contributed by atoms with Gasteiger partial charge in [-0.1, -0.05) is 24.3 Å². The van der Waals surface area contributed by atoms with Gasteiger partial charge in [-0.25, -0.2) is 12.8 Å². The number of halogens is 4. The van der Waals surface area contributed by atoms with Crippen molar-refractivity contribution in [3.63, 3.8) is 0 Å². The molecule has 4 rings (SSSR count). The number of hydrogen-bond donors (Lipinski definition) is 2. The highest BCUT2D eigenvalue weighted by Crippen LogP contribution is 2.27. The number of alkyl halides is 3. The number of hydrogen-bond acceptors (Lipinski definition) is 5. The second-order valence-corrected chi connectivity index (χ2v) is 11.1. The first-order valence-electron chi connectivity index (χ1n) is 12.1. The highest BCUT2D eigenvalue weighted by molar-refractivity contribution is 7.89. The van der Waals surface area contributed by atoms with E-state index in [-0.39, 0.29) is 23.5 Å². The maximum absolute atomic E-state index is 13.7. The Morgan fingerprint density at radius 2 is 1.54 bits per heavy atom. The molecule has 0 saturated carbocycles. The number of rotatable bonds is 10. The minimum atomic E-state index is -4.90. The molecule has 41 heavy (non-hydrogen) atoms. The number of pyridine rings is 1. The predicted molar refractivity (Wildman–Crippen MR) is 150 cm³/mol. The molecule has 0 atom stereocenters. The fourth-order valence-electron chi connectivity index (χ4n) is 3.78. The summed E-state index contributed by atoms with van der Waals surface area (Å²) in [6.45, 7) is 0.0438. The molecule has 0 fully saturated rings. The number of sulfonamides is 1. The average Bonchev–Trinajstić information content (AvgIpc) is 2.93. The summed E-state index contributed by atoms with van der Waals surface area (Å²) in [6, 6.07) is 19.9. The van der Waals surface area contributed by atoms with Gasteiger partial charge in [-0.3, -0.25) is 4.98 Å². The number of thiocarbonyl (C=S) groups is 1. The zero-order valence-electron chi connectivity index (χ0n) is 21.3. The molecule has 1 aromatic heterocycles. The molecular weight excluding hydrogens is 580 g/mol. The first-order chi connectivity index (χ1) is 19.5. The minimum absolute atomic E-state index is 0.0523. The summed E-state index contributed by atoms with van der Waals surface area (Å²) in [4.78, 5) is 3.90. The molecule has 13 heteroatoms. The van der Waals surface area contributed by atoms with Gasteiger partial charge in [-0.05, 0) is 89.6 Å². The van der Waals surface area contributed by atoms with Gasteiger partial charge in [0.2, 0.25) is 10.0 Å². The lowest BCUT2D eigenvalue weighted by atomic mass is 10.2. The van der Waals surface area contributed by atoms with Crippen molar-refractivity contribution >= 4 is 33.0 Å². The topological polar surface area (TPSA) is 83.6 Å². The second kappa shape index (κ2) is 13.1. The van der Waals surface area contributed by atoms with Crippen LogP contribution >= 0.6 is 12.2 Å². The summed E-state index contributed by atoms with van der Waals surface area (Å²) in [5, 5.41) is 6.36. The first-order valence-corrected chi connectivity index (χ1v) is 14.0. The van der Waals surface area contributed by atoms with E-state index < -0.39 is 28.0 Å². The van der Waals surface area contributed by atoms with Gasteiger partial charge in [0.05, 0.1) is 4.90 Å². The first kappa shape index (κ1) is 29.9. The molecule has 0 unspecified atom stereocenters. The van der Waals surface area contributed by atoms with Gasteiger partial charge >= 0.3 is 6.36 Å². The van der Waals surface area contributed by atoms with Crippen LogP contribution in [0.5, 0.6) is 5.75 Å². The summed E-state index contributed by atoms with van der Waals surface area (Å²) in [5.74, 6) is -0.963. The molecule has 0 amide bonds. The van der Waals surface area contributed by atoms with Crippen molar-refractivity contribution in [2.45, 2.75) is 30.9 Å². The molecule has 1 heterocycles. The van der Waals surface area contributed by atoms with Crippen LogP contribution in [0.2, 0.25) is 0 Å². The van der Waals surface area contributed by atoms with Crippen molar-refractivity contribution in [1.82, 2.24) is 14.6 Å². The lowest BCUT2D eigenvalue weighted by molar-refractivity contribution is -0.274. The lowest BCUT2D eigenvalue weighted by Gasteiger charge is -2.23. The molecule has 2 N–H and O–H groups in total. The van der Waals surface area contributed by atoms with Gasteiger partial charge in [0.1, 0.15) is 11.6 Å². The summed E-state index contributed by atoms with van der Waals surface area (Å²) < 4.78 is 84.1. The normalized spacial score (nSPS) is 11.7. The molecule has 0 bridgehead atoms. The number of benzene rings is 3. The Bertz CT molecular complexity index is 1570. The van der Waals surface area contributed by atoms with Gasteiger partial charge in [-0.15, -0.1) is 13.2 Å². The van der Waals surface area contributed by atoms with Crippen molar-refractivity contribution in [3.8, 4) is 5.75 Å². The van der Waals surface area contributed by atoms with E-state index >= 15 is 0 Å². The monoisotopic (exact) mass is 604 g/mol. The molecule has 4 aromatic rings. The maximum Gasteiger partial charge on any atom is 0.573 e. The van der Waals surface area contributed by atoms with Crippen molar-refractivity contribution in [2.75, 3.05) is 5.32 Å². The smallest absolute Gasteiger partial charge is 0.406 e. The Hall–Kier alpha value is -4.07. The van der Waals surface area contributed by atoms with Gasteiger partial charge < -0.3 is 15.4 Å². The van der Waals surface area contributed by atoms with Crippen molar-refractivity contribution in [1.29, 1.82) is 0 Å². The van der Waals surface area contributed by atoms with Crippen molar-refractivity contribution < 1.29 is 30.7 Å². The van der Waals surface area contributed by atoms with Crippen LogP contribution in [-0.2, 0) is 29.7 Å². The molecule has 0 spiro atoms. The number of nitrogens with one attached hydrogen (secondary N) is 2. The van der Waals surface area contributed by atoms with E-state index in [1.807, 2.05) is 12.1 Å². The van der Waals surface area contributed by atoms with E-state index in [1.165, 1.54) is 48.5 Å². The van der Waals surface area contributed by atoms with Crippen LogP contribution < -0.4 is 15.4 Å². The molecular formula is C28H24F4N4O3S2. The van der Waals surface area contributed by atoms with Crippen molar-refractivity contribution in [2.24, 2.45) is 0 Å². The number of ether oxygens (including phenoxy) is 1. The van der Waals surface area contributed by atoms with E-state index in [1.54, 1.807) is 24.5 Å². The Balaban J connectivity index is 1.52. The molecule has 0 radical (unpaired) electrons. The quantitative estimate of drug-likeness (QED) is 0.170. The molecule has 0 aliphatic carbocycles. The van der Waals surface area contributed by atoms with E-state index in [2.05, 4.69) is 20.4 Å². The van der Waals surface area contributed by atoms with E-state index in [9.17, 15) is 26.0 Å². The fraction of sp³-hybridized carbons (Fsp3) is 0.143. The fourth-order valence-corrected chi connectivity index (χ4v) is 5.39. The SMILES string of the molecule is O=S(=O)(c1ccc(NC(=S)NCc2ccncc2)cc1)N(Cc1ccc(F)cc1)Cc1cccc(OC(F)(F)F)c1. The predicted octanol–water partition coefficient (Wildman–Crippen LogP) is 6.00. The number of nitrogens with zero attached hydrogens (tertiary/aromatic N) is 2. The van der Waals surface area contributed by atoms with Gasteiger partial charge in [-0.2, -0.15) is 4.31 Å². The zero-order chi connectivity index (χ0) is 29.5. The van der Waals surface area contributed by atoms with Gasteiger partial charge in [0.15, 0.2) is 5.11 Å². The zero-order valence-corrected chi connectivity index (χ0v) is 22.9. The maximum atomic E-state index is 13.7. The molecule has 0 saturated heterocycles. The van der Waals surface area contributed by atoms with E-state index in [0.717, 1.165) is 22.0 Å². The summed E-state index contributed by atoms with van der Waals surface area (Å²) in [6.07, 6.45) is -1.57. The third-order valence-corrected chi connectivity index (χ3v) is 7.77. The third-order valence-electron chi connectivity index (χ3n) is 5.72. The second-order valence-electron chi connectivity index (χ2n) is 8.78. The molecule has 3 aromatic carbocycles. The van der Waals surface area contributed by atoms with Crippen LogP contribution in [-0.4, -0.2) is 29.2 Å². The Labute approximate surface area is 239 Å². The molecule has 0 aliphatic heterocycles. The van der Waals surface area contributed by atoms with Gasteiger partial charge in [0.25, 0.3) is 0 Å². The molecule has 7 nitrogen and oxygen atoms in total. The van der Waals surface area contributed by atoms with E-state index in [0.29, 0.717) is 22.9 Å². The van der Waals surface area contributed by atoms with Crippen LogP contribution in [0, 0.1) is 5.82 Å². The Kier molecular flexibility index (Phi) is 9.53. The minimum Gasteiger partial charge on any atom is -0.406 e. The number of aromatic nitrogens is 1. The van der Waals surface area contributed by atoms with Crippen LogP contribution in [0.15, 0.2) is 102 Å². The standard InChI is InChI=1S/C28H24F4N4O3S2/c29-23-6-4-21(5-7-23)18-36(19-22-2-1-3-25(16-22)39-28(30,31)32)41(37,38)26-10-8-24(9-11-26)35-27(40)34-17-20-12-14-33-15-13-20/h1-16H,17-19H2,(H2,34,35,40). The highest BCUT2D eigenvalue weighted by atomic mass is 32.2. The molecule has 214 valence electrons. The largest absolute Gasteiger partial charge is 0.573 e. The third kappa shape index (κ3) is 8.96. The van der Waals surface area contributed by atoms with Crippen LogP contribution in [0.1, 0.15) is 16.7 Å². The van der Waals surface area contributed by atoms with E-state index in [4.69, 9.17) is 12.2 Å². The molecule has 0 aliphatic rings. The Morgan fingerprint density at radius 1 is 0.878 bits per heavy atom. The van der Waals surface area contributed by atoms with Crippen LogP contribution in [0.4, 0.5) is 23.2 Å². The van der Waals surface area contributed by atoms with Gasteiger partial charge in [0, 0.05) is 37.7 Å². The average molecular weight is 605 g/mol. The highest BCUT2D eigenvalue weighted by Gasteiger charge is 2.31. The van der Waals surface area contributed by atoms with Crippen LogP contribution in [0.3, 0.4) is 0 Å². The van der Waals surface area contributed by atoms with Crippen LogP contribution in [0.25, 0.3) is 0 Å². The summed E-state index contributed by atoms with van der Waals surface area (Å²) in [5.41, 5.74) is 2.27. The van der Waals surface area contributed by atoms with Crippen molar-refractivity contribution in [3.05, 3.63) is 120 Å². The lowest BCUT2D eigenvalue weighted by Crippen LogP contribution is -2.30.